The highest BCUT2D eigenvalue weighted by Crippen LogP contribution is 2.31. The molecular weight excluding hydrogens is 328 g/mol. The topological polar surface area (TPSA) is 92.8 Å². The van der Waals surface area contributed by atoms with Gasteiger partial charge in [0.2, 0.25) is 10.0 Å². The first-order valence-corrected chi connectivity index (χ1v) is 7.92. The van der Waals surface area contributed by atoms with E-state index in [4.69, 9.17) is 11.6 Å². The van der Waals surface area contributed by atoms with Gasteiger partial charge in [-0.2, -0.15) is 4.31 Å². The summed E-state index contributed by atoms with van der Waals surface area (Å²) in [4.78, 5) is 22.5. The molecule has 0 saturated carbocycles. The van der Waals surface area contributed by atoms with Crippen LogP contribution in [0.3, 0.4) is 0 Å². The first-order valence-electron chi connectivity index (χ1n) is 5.28. The maximum Gasteiger partial charge on any atom is 0.321 e. The summed E-state index contributed by atoms with van der Waals surface area (Å²) in [5, 5.41) is 2.34. The van der Waals surface area contributed by atoms with Gasteiger partial charge in [0.25, 0.3) is 5.91 Å². The number of likely N-dealkylation sites (N-methyl/N-ethyl adjacent to an activating group) is 1. The van der Waals surface area contributed by atoms with E-state index in [1.807, 2.05) is 0 Å². The van der Waals surface area contributed by atoms with Crippen molar-refractivity contribution in [2.75, 3.05) is 27.7 Å². The number of carbonyl (C=O) groups is 2. The van der Waals surface area contributed by atoms with Crippen LogP contribution in [0.5, 0.6) is 0 Å². The molecule has 7 nitrogen and oxygen atoms in total. The number of halogens is 1. The lowest BCUT2D eigenvalue weighted by atomic mass is 10.4. The van der Waals surface area contributed by atoms with Gasteiger partial charge >= 0.3 is 5.97 Å². The Hall–Kier alpha value is -1.16. The minimum Gasteiger partial charge on any atom is -0.468 e. The Balaban J connectivity index is 3.22. The second-order valence-corrected chi connectivity index (χ2v) is 7.36. The summed E-state index contributed by atoms with van der Waals surface area (Å²) >= 11 is 6.62. The van der Waals surface area contributed by atoms with E-state index < -0.39 is 28.4 Å². The minimum atomic E-state index is -4.01. The van der Waals surface area contributed by atoms with Crippen molar-refractivity contribution in [2.24, 2.45) is 0 Å². The highest BCUT2D eigenvalue weighted by molar-refractivity contribution is 7.89. The zero-order valence-electron chi connectivity index (χ0n) is 11.0. The van der Waals surface area contributed by atoms with Crippen LogP contribution >= 0.6 is 22.9 Å². The van der Waals surface area contributed by atoms with Crippen LogP contribution in [0.2, 0.25) is 4.34 Å². The molecule has 0 bridgehead atoms. The Morgan fingerprint density at radius 2 is 2.10 bits per heavy atom. The number of methoxy groups -OCH3 is 1. The predicted octanol–water partition coefficient (Wildman–Crippen LogP) is 0.555. The van der Waals surface area contributed by atoms with Gasteiger partial charge in [0, 0.05) is 14.1 Å². The monoisotopic (exact) mass is 340 g/mol. The molecule has 0 spiro atoms. The molecule has 1 amide bonds. The van der Waals surface area contributed by atoms with E-state index in [-0.39, 0.29) is 14.1 Å². The van der Waals surface area contributed by atoms with Crippen LogP contribution < -0.4 is 5.32 Å². The Labute approximate surface area is 125 Å². The van der Waals surface area contributed by atoms with Crippen LogP contribution in [-0.2, 0) is 19.6 Å². The number of nitrogens with one attached hydrogen (secondary N) is 1. The second-order valence-electron chi connectivity index (χ2n) is 3.66. The fraction of sp³-hybridized carbons (Fsp3) is 0.400. The van der Waals surface area contributed by atoms with E-state index in [0.717, 1.165) is 22.8 Å². The molecular formula is C10H13ClN2O5S2. The van der Waals surface area contributed by atoms with Crippen molar-refractivity contribution in [1.29, 1.82) is 0 Å². The van der Waals surface area contributed by atoms with E-state index in [2.05, 4.69) is 10.1 Å². The van der Waals surface area contributed by atoms with Gasteiger partial charge in [-0.15, -0.1) is 11.3 Å². The van der Waals surface area contributed by atoms with Crippen LogP contribution in [0.1, 0.15) is 9.67 Å². The third-order valence-electron chi connectivity index (χ3n) is 2.37. The molecule has 0 radical (unpaired) electrons. The lowest BCUT2D eigenvalue weighted by Crippen LogP contribution is -2.33. The van der Waals surface area contributed by atoms with Crippen molar-refractivity contribution < 1.29 is 22.7 Å². The van der Waals surface area contributed by atoms with Gasteiger partial charge in [0.15, 0.2) is 0 Å². The number of hydrogen-bond acceptors (Lipinski definition) is 6. The van der Waals surface area contributed by atoms with Gasteiger partial charge < -0.3 is 10.1 Å². The van der Waals surface area contributed by atoms with Crippen LogP contribution in [0.4, 0.5) is 0 Å². The molecule has 20 heavy (non-hydrogen) atoms. The molecule has 1 rings (SSSR count). The van der Waals surface area contributed by atoms with E-state index in [9.17, 15) is 18.0 Å². The van der Waals surface area contributed by atoms with Crippen LogP contribution in [0, 0.1) is 0 Å². The van der Waals surface area contributed by atoms with E-state index in [0.29, 0.717) is 0 Å². The molecule has 10 heteroatoms. The predicted molar refractivity (Wildman–Crippen MR) is 74.6 cm³/mol. The van der Waals surface area contributed by atoms with Crippen molar-refractivity contribution in [3.63, 3.8) is 0 Å². The average Bonchev–Trinajstić information content (AvgIpc) is 2.80. The maximum atomic E-state index is 12.3. The normalized spacial score (nSPS) is 11.4. The molecule has 1 N–H and O–H groups in total. The maximum absolute atomic E-state index is 12.3. The third-order valence-corrected chi connectivity index (χ3v) is 5.59. The summed E-state index contributed by atoms with van der Waals surface area (Å²) in [6.45, 7) is -0.459. The zero-order valence-corrected chi connectivity index (χ0v) is 13.4. The summed E-state index contributed by atoms with van der Waals surface area (Å²) < 4.78 is 30.0. The number of esters is 1. The molecule has 0 aliphatic heterocycles. The first-order chi connectivity index (χ1) is 9.23. The van der Waals surface area contributed by atoms with Crippen molar-refractivity contribution >= 4 is 44.8 Å². The highest BCUT2D eigenvalue weighted by atomic mass is 35.5. The molecule has 0 aromatic carbocycles. The summed E-state index contributed by atoms with van der Waals surface area (Å²) in [6.07, 6.45) is 0. The molecule has 0 atom stereocenters. The Morgan fingerprint density at radius 1 is 1.50 bits per heavy atom. The summed E-state index contributed by atoms with van der Waals surface area (Å²) in [7, 11) is -0.265. The lowest BCUT2D eigenvalue weighted by Gasteiger charge is -2.15. The van der Waals surface area contributed by atoms with Gasteiger partial charge in [-0.25, -0.2) is 8.42 Å². The van der Waals surface area contributed by atoms with Gasteiger partial charge in [-0.1, -0.05) is 11.6 Å². The summed E-state index contributed by atoms with van der Waals surface area (Å²) in [5.74, 6) is -1.27. The van der Waals surface area contributed by atoms with Crippen molar-refractivity contribution in [3.05, 3.63) is 15.3 Å². The average molecular weight is 341 g/mol. The molecule has 0 saturated heterocycles. The van der Waals surface area contributed by atoms with Crippen molar-refractivity contribution in [3.8, 4) is 0 Å². The third kappa shape index (κ3) is 3.48. The summed E-state index contributed by atoms with van der Waals surface area (Å²) in [5.41, 5.74) is 0. The minimum absolute atomic E-state index is 0.0331. The van der Waals surface area contributed by atoms with Crippen LogP contribution in [0.15, 0.2) is 11.0 Å². The Morgan fingerprint density at radius 3 is 2.60 bits per heavy atom. The van der Waals surface area contributed by atoms with Gasteiger partial charge in [0.1, 0.15) is 16.3 Å². The largest absolute Gasteiger partial charge is 0.468 e. The number of hydrogen-bond donors (Lipinski definition) is 1. The van der Waals surface area contributed by atoms with Gasteiger partial charge in [-0.05, 0) is 6.07 Å². The zero-order chi connectivity index (χ0) is 15.5. The fourth-order valence-corrected chi connectivity index (χ4v) is 4.16. The Bertz CT molecular complexity index is 626. The fourth-order valence-electron chi connectivity index (χ4n) is 1.31. The van der Waals surface area contributed by atoms with Crippen molar-refractivity contribution in [1.82, 2.24) is 9.62 Å². The number of nitrogens with zero attached hydrogens (tertiary/aromatic N) is 1. The molecule has 0 aliphatic carbocycles. The molecule has 0 aliphatic rings. The number of thiophene rings is 1. The SMILES string of the molecule is CNC(=O)c1sc(Cl)cc1S(=O)(=O)N(C)CC(=O)OC. The van der Waals surface area contributed by atoms with Gasteiger partial charge in [0.05, 0.1) is 11.4 Å². The van der Waals surface area contributed by atoms with Gasteiger partial charge in [-0.3, -0.25) is 9.59 Å². The number of carbonyl (C=O) groups excluding carboxylic acids is 2. The summed E-state index contributed by atoms with van der Waals surface area (Å²) in [6, 6.07) is 1.18. The van der Waals surface area contributed by atoms with E-state index in [1.165, 1.54) is 20.2 Å². The molecule has 1 heterocycles. The molecule has 1 aromatic rings. The second kappa shape index (κ2) is 6.53. The number of sulfonamides is 1. The van der Waals surface area contributed by atoms with E-state index >= 15 is 0 Å². The highest BCUT2D eigenvalue weighted by Gasteiger charge is 2.30. The molecule has 112 valence electrons. The molecule has 0 fully saturated rings. The smallest absolute Gasteiger partial charge is 0.321 e. The van der Waals surface area contributed by atoms with Crippen LogP contribution in [0.25, 0.3) is 0 Å². The number of ether oxygens (including phenoxy) is 1. The lowest BCUT2D eigenvalue weighted by molar-refractivity contribution is -0.140. The number of rotatable bonds is 5. The van der Waals surface area contributed by atoms with Crippen LogP contribution in [-0.4, -0.2) is 52.3 Å². The standard InChI is InChI=1S/C10H13ClN2O5S2/c1-12-10(15)9-6(4-7(11)19-9)20(16,17)13(2)5-8(14)18-3/h4H,5H2,1-3H3,(H,12,15). The molecule has 1 aromatic heterocycles. The van der Waals surface area contributed by atoms with E-state index in [1.54, 1.807) is 0 Å². The first kappa shape index (κ1) is 16.9. The Kier molecular flexibility index (Phi) is 5.51. The quantitative estimate of drug-likeness (QED) is 0.790. The molecule has 0 unspecified atom stereocenters. The van der Waals surface area contributed by atoms with Crippen molar-refractivity contribution in [2.45, 2.75) is 4.90 Å². The number of amides is 1.